The van der Waals surface area contributed by atoms with E-state index in [0.29, 0.717) is 29.7 Å². The molecule has 0 unspecified atom stereocenters. The molecule has 2 amide bonds. The Morgan fingerprint density at radius 1 is 1.07 bits per heavy atom. The quantitative estimate of drug-likeness (QED) is 0.120. The van der Waals surface area contributed by atoms with E-state index in [-0.39, 0.29) is 30.2 Å². The lowest BCUT2D eigenvalue weighted by atomic mass is 9.68. The van der Waals surface area contributed by atoms with E-state index in [1.807, 2.05) is 31.2 Å². The number of ether oxygens (including phenoxy) is 1. The molecule has 1 aliphatic heterocycles. The van der Waals surface area contributed by atoms with Crippen LogP contribution < -0.4 is 9.64 Å². The lowest BCUT2D eigenvalue weighted by molar-refractivity contribution is -0.384. The van der Waals surface area contributed by atoms with Crippen molar-refractivity contribution in [3.63, 3.8) is 0 Å². The van der Waals surface area contributed by atoms with E-state index in [4.69, 9.17) is 4.74 Å². The largest absolute Gasteiger partial charge is 0.508 e. The van der Waals surface area contributed by atoms with Gasteiger partial charge in [-0.2, -0.15) is 0 Å². The zero-order chi connectivity index (χ0) is 31.4. The lowest BCUT2D eigenvalue weighted by Gasteiger charge is -2.36. The molecule has 3 aromatic rings. The topological polar surface area (TPSA) is 150 Å². The average Bonchev–Trinajstić information content (AvgIpc) is 3.28. The number of nitro groups is 1. The summed E-state index contributed by atoms with van der Waals surface area (Å²) in [6.07, 6.45) is 1.88. The van der Waals surface area contributed by atoms with Gasteiger partial charge in [0.15, 0.2) is 0 Å². The second kappa shape index (κ2) is 13.2. The first-order chi connectivity index (χ1) is 21.2. The number of phenolic OH excluding ortho intramolecular Hbond substituents is 1. The number of aliphatic hydroxyl groups is 2. The van der Waals surface area contributed by atoms with E-state index in [2.05, 4.69) is 0 Å². The minimum Gasteiger partial charge on any atom is -0.508 e. The lowest BCUT2D eigenvalue weighted by Crippen LogP contribution is -2.40. The SMILES string of the molecule is C/C(=C\c1ccc(O)cc1)CC[C@@H](O)C1=C(COc2ccccc2)C[C@H]2C(=O)N(c3cccc([N+](=O)[O-])c3)C(=O)[C@H]2[C@H]1CO. The summed E-state index contributed by atoms with van der Waals surface area (Å²) in [6, 6.07) is 21.2. The predicted molar refractivity (Wildman–Crippen MR) is 164 cm³/mol. The maximum absolute atomic E-state index is 13.8. The second-order valence-electron chi connectivity index (χ2n) is 11.2. The third kappa shape index (κ3) is 6.41. The number of non-ortho nitro benzene ring substituents is 1. The van der Waals surface area contributed by atoms with Crippen molar-refractivity contribution in [2.45, 2.75) is 32.3 Å². The number of aliphatic hydroxyl groups excluding tert-OH is 2. The minimum absolute atomic E-state index is 0.0523. The van der Waals surface area contributed by atoms with Gasteiger partial charge in [0.2, 0.25) is 11.8 Å². The number of hydrogen-bond acceptors (Lipinski definition) is 8. The molecule has 0 bridgehead atoms. The number of rotatable bonds is 11. The third-order valence-electron chi connectivity index (χ3n) is 8.31. The zero-order valence-electron chi connectivity index (χ0n) is 24.2. The third-order valence-corrected chi connectivity index (χ3v) is 8.31. The predicted octanol–water partition coefficient (Wildman–Crippen LogP) is 5.04. The van der Waals surface area contributed by atoms with Gasteiger partial charge in [-0.3, -0.25) is 19.7 Å². The van der Waals surface area contributed by atoms with E-state index >= 15 is 0 Å². The number of carbonyl (C=O) groups is 2. The van der Waals surface area contributed by atoms with Gasteiger partial charge >= 0.3 is 0 Å². The maximum atomic E-state index is 13.8. The van der Waals surface area contributed by atoms with Gasteiger partial charge in [0.05, 0.1) is 35.2 Å². The van der Waals surface area contributed by atoms with Crippen molar-refractivity contribution < 1.29 is 34.6 Å². The Kier molecular flexibility index (Phi) is 9.22. The van der Waals surface area contributed by atoms with E-state index in [1.165, 1.54) is 24.3 Å². The molecule has 0 radical (unpaired) electrons. The fourth-order valence-corrected chi connectivity index (χ4v) is 6.23. The number of allylic oxidation sites excluding steroid dienone is 1. The summed E-state index contributed by atoms with van der Waals surface area (Å²) in [4.78, 5) is 39.3. The number of para-hydroxylation sites is 1. The van der Waals surface area contributed by atoms with Gasteiger partial charge in [0.25, 0.3) is 5.69 Å². The number of phenols is 1. The molecule has 1 aliphatic carbocycles. The summed E-state index contributed by atoms with van der Waals surface area (Å²) in [7, 11) is 0. The molecule has 2 aliphatic rings. The van der Waals surface area contributed by atoms with Crippen LogP contribution >= 0.6 is 0 Å². The van der Waals surface area contributed by atoms with Crippen LogP contribution in [0.4, 0.5) is 11.4 Å². The normalized spacial score (nSPS) is 20.9. The van der Waals surface area contributed by atoms with Crippen molar-refractivity contribution in [2.24, 2.45) is 17.8 Å². The van der Waals surface area contributed by atoms with Crippen molar-refractivity contribution in [3.05, 3.63) is 111 Å². The number of aromatic hydroxyl groups is 1. The van der Waals surface area contributed by atoms with Gasteiger partial charge in [0.1, 0.15) is 18.1 Å². The van der Waals surface area contributed by atoms with Crippen molar-refractivity contribution in [1.29, 1.82) is 0 Å². The molecule has 3 N–H and O–H groups in total. The fraction of sp³-hybridized carbons (Fsp3) is 0.294. The highest BCUT2D eigenvalue weighted by molar-refractivity contribution is 6.22. The number of nitro benzene ring substituents is 1. The van der Waals surface area contributed by atoms with Crippen LogP contribution in [0.1, 0.15) is 31.7 Å². The van der Waals surface area contributed by atoms with Crippen LogP contribution in [-0.2, 0) is 9.59 Å². The van der Waals surface area contributed by atoms with Gasteiger partial charge in [-0.15, -0.1) is 0 Å². The molecule has 0 aromatic heterocycles. The first-order valence-electron chi connectivity index (χ1n) is 14.4. The first kappa shape index (κ1) is 30.7. The molecule has 1 fully saturated rings. The second-order valence-corrected chi connectivity index (χ2v) is 11.2. The number of anilines is 1. The highest BCUT2D eigenvalue weighted by Crippen LogP contribution is 2.47. The van der Waals surface area contributed by atoms with Crippen LogP contribution in [0.2, 0.25) is 0 Å². The molecule has 3 aromatic carbocycles. The van der Waals surface area contributed by atoms with E-state index in [0.717, 1.165) is 16.0 Å². The number of imide groups is 1. The minimum atomic E-state index is -1.03. The highest BCUT2D eigenvalue weighted by atomic mass is 16.6. The maximum Gasteiger partial charge on any atom is 0.271 e. The van der Waals surface area contributed by atoms with Crippen LogP contribution in [0.3, 0.4) is 0 Å². The average molecular weight is 599 g/mol. The zero-order valence-corrected chi connectivity index (χ0v) is 24.2. The number of carbonyl (C=O) groups excluding carboxylic acids is 2. The first-order valence-corrected chi connectivity index (χ1v) is 14.4. The molecule has 4 atom stereocenters. The summed E-state index contributed by atoms with van der Waals surface area (Å²) < 4.78 is 6.03. The molecule has 5 rings (SSSR count). The summed E-state index contributed by atoms with van der Waals surface area (Å²) in [6.45, 7) is 1.51. The molecule has 228 valence electrons. The molecule has 0 spiro atoms. The van der Waals surface area contributed by atoms with Crippen molar-refractivity contribution in [2.75, 3.05) is 18.1 Å². The monoisotopic (exact) mass is 598 g/mol. The Labute approximate surface area is 254 Å². The van der Waals surface area contributed by atoms with E-state index < -0.39 is 47.2 Å². The molecule has 10 nitrogen and oxygen atoms in total. The Morgan fingerprint density at radius 2 is 1.80 bits per heavy atom. The molecular weight excluding hydrogens is 564 g/mol. The van der Waals surface area contributed by atoms with Gasteiger partial charge in [-0.05, 0) is 73.2 Å². The van der Waals surface area contributed by atoms with Crippen LogP contribution in [0.15, 0.2) is 95.6 Å². The summed E-state index contributed by atoms with van der Waals surface area (Å²) in [5.41, 5.74) is 2.86. The molecular formula is C34H34N2O8. The van der Waals surface area contributed by atoms with Crippen molar-refractivity contribution in [1.82, 2.24) is 0 Å². The Balaban J connectivity index is 1.45. The number of benzene rings is 3. The van der Waals surface area contributed by atoms with Crippen LogP contribution in [0.25, 0.3) is 6.08 Å². The van der Waals surface area contributed by atoms with E-state index in [1.54, 1.807) is 36.4 Å². The number of nitrogens with zero attached hydrogens (tertiary/aromatic N) is 2. The van der Waals surface area contributed by atoms with Gasteiger partial charge < -0.3 is 20.1 Å². The van der Waals surface area contributed by atoms with Crippen LogP contribution in [0.5, 0.6) is 11.5 Å². The summed E-state index contributed by atoms with van der Waals surface area (Å²) >= 11 is 0. The highest BCUT2D eigenvalue weighted by Gasteiger charge is 2.55. The van der Waals surface area contributed by atoms with Gasteiger partial charge in [-0.1, -0.05) is 48.0 Å². The number of hydrogen-bond donors (Lipinski definition) is 3. The number of amides is 2. The van der Waals surface area contributed by atoms with Crippen LogP contribution in [0, 0.1) is 27.9 Å². The smallest absolute Gasteiger partial charge is 0.271 e. The molecule has 44 heavy (non-hydrogen) atoms. The van der Waals surface area contributed by atoms with Gasteiger partial charge in [0, 0.05) is 18.1 Å². The molecule has 1 saturated heterocycles. The van der Waals surface area contributed by atoms with Gasteiger partial charge in [-0.25, -0.2) is 4.90 Å². The Morgan fingerprint density at radius 3 is 2.48 bits per heavy atom. The molecule has 0 saturated carbocycles. The Bertz CT molecular complexity index is 1600. The van der Waals surface area contributed by atoms with Crippen molar-refractivity contribution >= 4 is 29.3 Å². The standard InChI is InChI=1S/C34H34N2O8/c1-21(16-22-11-13-26(38)14-12-22)10-15-30(39)31-23(20-44-27-8-3-2-4-9-27)17-28-32(29(31)19-37)34(41)35(33(28)40)24-6-5-7-25(18-24)36(42)43/h2-9,11-14,16,18,28-30,32,37-39H,10,15,17,19-20H2,1H3/b21-16+/t28-,29+,30-,32-/m1/s1. The summed E-state index contributed by atoms with van der Waals surface area (Å²) in [5.74, 6) is -2.91. The molecule has 10 heteroatoms. The summed E-state index contributed by atoms with van der Waals surface area (Å²) in [5, 5.41) is 43.1. The Hall–Kier alpha value is -4.80. The van der Waals surface area contributed by atoms with Crippen molar-refractivity contribution in [3.8, 4) is 11.5 Å². The molecule has 1 heterocycles. The van der Waals surface area contributed by atoms with E-state index in [9.17, 15) is 35.0 Å². The van der Waals surface area contributed by atoms with Crippen LogP contribution in [-0.4, -0.2) is 51.4 Å². The fourth-order valence-electron chi connectivity index (χ4n) is 6.23. The number of fused-ring (bicyclic) bond motifs is 1.